The highest BCUT2D eigenvalue weighted by Crippen LogP contribution is 2.27. The van der Waals surface area contributed by atoms with E-state index in [4.69, 9.17) is 11.6 Å². The minimum Gasteiger partial charge on any atom is -0.351 e. The van der Waals surface area contributed by atoms with Crippen LogP contribution in [0.3, 0.4) is 0 Å². The average molecular weight is 379 g/mol. The van der Waals surface area contributed by atoms with E-state index in [1.165, 1.54) is 28.9 Å². The smallest absolute Gasteiger partial charge is 0.228 e. The van der Waals surface area contributed by atoms with Crippen molar-refractivity contribution in [3.05, 3.63) is 41.1 Å². The molecule has 26 heavy (non-hydrogen) atoms. The lowest BCUT2D eigenvalue weighted by atomic mass is 10.1. The van der Waals surface area contributed by atoms with Crippen molar-refractivity contribution in [2.24, 2.45) is 0 Å². The van der Waals surface area contributed by atoms with Gasteiger partial charge in [-0.25, -0.2) is 13.8 Å². The van der Waals surface area contributed by atoms with Gasteiger partial charge in [-0.1, -0.05) is 17.7 Å². The molecule has 0 unspecified atom stereocenters. The molecule has 9 heteroatoms. The summed E-state index contributed by atoms with van der Waals surface area (Å²) in [6.07, 6.45) is 3.30. The summed E-state index contributed by atoms with van der Waals surface area (Å²) in [5, 5.41) is 7.79. The van der Waals surface area contributed by atoms with Crippen LogP contribution < -0.4 is 5.32 Å². The molecule has 0 amide bonds. The summed E-state index contributed by atoms with van der Waals surface area (Å²) in [6, 6.07) is 3.84. The Morgan fingerprint density at radius 1 is 1.15 bits per heavy atom. The van der Waals surface area contributed by atoms with E-state index in [2.05, 4.69) is 32.3 Å². The van der Waals surface area contributed by atoms with Crippen LogP contribution in [0.25, 0.3) is 17.0 Å². The lowest BCUT2D eigenvalue weighted by Gasteiger charge is -2.29. The number of benzene rings is 1. The molecule has 0 spiro atoms. The first kappa shape index (κ1) is 17.1. The van der Waals surface area contributed by atoms with Crippen molar-refractivity contribution >= 4 is 23.2 Å². The van der Waals surface area contributed by atoms with Crippen LogP contribution in [0.2, 0.25) is 5.02 Å². The van der Waals surface area contributed by atoms with Gasteiger partial charge in [0.1, 0.15) is 16.7 Å². The second-order valence-electron chi connectivity index (χ2n) is 6.42. The fraction of sp³-hybridized carbons (Fsp3) is 0.353. The summed E-state index contributed by atoms with van der Waals surface area (Å²) >= 11 is 6.15. The van der Waals surface area contributed by atoms with Crippen LogP contribution in [0.15, 0.2) is 24.4 Å². The lowest BCUT2D eigenvalue weighted by molar-refractivity contribution is 0.263. The van der Waals surface area contributed by atoms with Gasteiger partial charge in [0, 0.05) is 6.04 Å². The molecule has 1 N–H and O–H groups in total. The summed E-state index contributed by atoms with van der Waals surface area (Å²) in [5.74, 6) is -1.15. The monoisotopic (exact) mass is 378 g/mol. The zero-order chi connectivity index (χ0) is 18.3. The van der Waals surface area contributed by atoms with Gasteiger partial charge >= 0.3 is 0 Å². The molecular formula is C17H17ClF2N6. The van der Waals surface area contributed by atoms with Gasteiger partial charge in [0.2, 0.25) is 5.95 Å². The first-order chi connectivity index (χ1) is 12.5. The molecule has 0 radical (unpaired) electrons. The predicted octanol–water partition coefficient (Wildman–Crippen LogP) is 3.23. The Kier molecular flexibility index (Phi) is 4.46. The van der Waals surface area contributed by atoms with Gasteiger partial charge in [0.05, 0.1) is 11.8 Å². The van der Waals surface area contributed by atoms with E-state index in [0.717, 1.165) is 25.9 Å². The molecule has 1 aromatic carbocycles. The van der Waals surface area contributed by atoms with Crippen molar-refractivity contribution in [1.82, 2.24) is 24.5 Å². The summed E-state index contributed by atoms with van der Waals surface area (Å²) in [7, 11) is 2.07. The molecule has 3 aromatic rings. The molecule has 1 aliphatic heterocycles. The summed E-state index contributed by atoms with van der Waals surface area (Å²) in [4.78, 5) is 10.8. The quantitative estimate of drug-likeness (QED) is 0.758. The predicted molar refractivity (Wildman–Crippen MR) is 95.3 cm³/mol. The second kappa shape index (κ2) is 6.77. The molecule has 1 aliphatic rings. The van der Waals surface area contributed by atoms with Crippen molar-refractivity contribution in [1.29, 1.82) is 0 Å². The number of aromatic nitrogens is 4. The number of piperidine rings is 1. The number of rotatable bonds is 3. The third-order valence-corrected chi connectivity index (χ3v) is 4.83. The molecule has 3 heterocycles. The number of fused-ring (bicyclic) bond motifs is 1. The molecule has 0 aliphatic carbocycles. The molecule has 2 aromatic heterocycles. The Hall–Kier alpha value is -2.32. The molecule has 4 rings (SSSR count). The lowest BCUT2D eigenvalue weighted by Crippen LogP contribution is -2.37. The Morgan fingerprint density at radius 2 is 1.85 bits per heavy atom. The fourth-order valence-corrected chi connectivity index (χ4v) is 3.27. The van der Waals surface area contributed by atoms with Gasteiger partial charge < -0.3 is 10.2 Å². The van der Waals surface area contributed by atoms with E-state index in [0.29, 0.717) is 11.6 Å². The van der Waals surface area contributed by atoms with Gasteiger partial charge in [-0.2, -0.15) is 14.6 Å². The highest BCUT2D eigenvalue weighted by molar-refractivity contribution is 6.33. The van der Waals surface area contributed by atoms with Crippen molar-refractivity contribution in [2.45, 2.75) is 18.9 Å². The maximum absolute atomic E-state index is 14.2. The van der Waals surface area contributed by atoms with Crippen LogP contribution in [-0.2, 0) is 0 Å². The Balaban J connectivity index is 1.79. The van der Waals surface area contributed by atoms with E-state index in [1.54, 1.807) is 0 Å². The second-order valence-corrected chi connectivity index (χ2v) is 6.82. The SMILES string of the molecule is CN1CCC(Nc2nc(-c3c(F)cccc3F)nc3c(Cl)cnn23)CC1. The fourth-order valence-electron chi connectivity index (χ4n) is 3.10. The van der Waals surface area contributed by atoms with Gasteiger partial charge in [0.25, 0.3) is 0 Å². The normalized spacial score (nSPS) is 16.3. The Morgan fingerprint density at radius 3 is 2.54 bits per heavy atom. The van der Waals surface area contributed by atoms with Gasteiger partial charge in [0.15, 0.2) is 11.5 Å². The Bertz CT molecular complexity index is 932. The van der Waals surface area contributed by atoms with Crippen molar-refractivity contribution < 1.29 is 8.78 Å². The first-order valence-corrected chi connectivity index (χ1v) is 8.71. The van der Waals surface area contributed by atoms with Crippen LogP contribution in [-0.4, -0.2) is 50.7 Å². The number of nitrogens with zero attached hydrogens (tertiary/aromatic N) is 5. The number of anilines is 1. The van der Waals surface area contributed by atoms with E-state index >= 15 is 0 Å². The zero-order valence-electron chi connectivity index (χ0n) is 14.1. The van der Waals surface area contributed by atoms with Crippen molar-refractivity contribution in [2.75, 3.05) is 25.5 Å². The number of halogens is 3. The third kappa shape index (κ3) is 3.10. The largest absolute Gasteiger partial charge is 0.351 e. The zero-order valence-corrected chi connectivity index (χ0v) is 14.8. The van der Waals surface area contributed by atoms with E-state index < -0.39 is 11.6 Å². The van der Waals surface area contributed by atoms with E-state index in [9.17, 15) is 8.78 Å². The van der Waals surface area contributed by atoms with Crippen LogP contribution in [0.1, 0.15) is 12.8 Å². The van der Waals surface area contributed by atoms with Gasteiger partial charge in [-0.3, -0.25) is 0 Å². The minimum atomic E-state index is -0.727. The van der Waals surface area contributed by atoms with Gasteiger partial charge in [-0.15, -0.1) is 0 Å². The summed E-state index contributed by atoms with van der Waals surface area (Å²) < 4.78 is 29.9. The molecule has 6 nitrogen and oxygen atoms in total. The molecule has 0 bridgehead atoms. The minimum absolute atomic E-state index is 0.0640. The van der Waals surface area contributed by atoms with E-state index in [-0.39, 0.29) is 22.5 Å². The topological polar surface area (TPSA) is 58.3 Å². The van der Waals surface area contributed by atoms with Crippen molar-refractivity contribution in [3.63, 3.8) is 0 Å². The number of hydrogen-bond acceptors (Lipinski definition) is 5. The highest BCUT2D eigenvalue weighted by Gasteiger charge is 2.22. The Labute approximate surface area is 153 Å². The average Bonchev–Trinajstić information content (AvgIpc) is 2.98. The molecule has 1 saturated heterocycles. The highest BCUT2D eigenvalue weighted by atomic mass is 35.5. The third-order valence-electron chi connectivity index (χ3n) is 4.56. The molecule has 0 atom stereocenters. The maximum atomic E-state index is 14.2. The van der Waals surface area contributed by atoms with Crippen LogP contribution in [0.4, 0.5) is 14.7 Å². The van der Waals surface area contributed by atoms with E-state index in [1.807, 2.05) is 0 Å². The molecular weight excluding hydrogens is 362 g/mol. The number of hydrogen-bond donors (Lipinski definition) is 1. The number of nitrogens with one attached hydrogen (secondary N) is 1. The van der Waals surface area contributed by atoms with Crippen LogP contribution in [0.5, 0.6) is 0 Å². The summed E-state index contributed by atoms with van der Waals surface area (Å²) in [6.45, 7) is 1.92. The molecule has 0 saturated carbocycles. The molecule has 136 valence electrons. The van der Waals surface area contributed by atoms with Crippen molar-refractivity contribution in [3.8, 4) is 11.4 Å². The van der Waals surface area contributed by atoms with Crippen LogP contribution >= 0.6 is 11.6 Å². The molecule has 1 fully saturated rings. The summed E-state index contributed by atoms with van der Waals surface area (Å²) in [5.41, 5.74) is 0.0217. The standard InChI is InChI=1S/C17H17ClF2N6/c1-25-7-5-10(6-8-25)22-17-24-15(14-12(19)3-2-4-13(14)20)23-16-11(18)9-21-26(16)17/h2-4,9-10H,5-8H2,1H3,(H,22,23,24). The van der Waals surface area contributed by atoms with Crippen LogP contribution in [0, 0.1) is 11.6 Å². The number of likely N-dealkylation sites (tertiary alicyclic amines) is 1. The maximum Gasteiger partial charge on any atom is 0.228 e. The first-order valence-electron chi connectivity index (χ1n) is 8.33. The van der Waals surface area contributed by atoms with Gasteiger partial charge in [-0.05, 0) is 45.1 Å².